The fraction of sp³-hybridized carbons (Fsp3) is 0.556. The van der Waals surface area contributed by atoms with E-state index in [4.69, 9.17) is 0 Å². The molecule has 2 N–H and O–H groups in total. The summed E-state index contributed by atoms with van der Waals surface area (Å²) in [4.78, 5) is 2.44. The van der Waals surface area contributed by atoms with Crippen molar-refractivity contribution < 1.29 is 29.3 Å². The fourth-order valence-corrected chi connectivity index (χ4v) is 2.24. The maximum atomic E-state index is 2.47. The molecule has 0 aromatic carbocycles. The van der Waals surface area contributed by atoms with Gasteiger partial charge in [0, 0.05) is 12.6 Å². The van der Waals surface area contributed by atoms with Crippen LogP contribution >= 0.6 is 22.6 Å². The normalized spacial score (nSPS) is 30.9. The van der Waals surface area contributed by atoms with Crippen LogP contribution in [0.2, 0.25) is 0 Å². The molecule has 0 aromatic heterocycles. The average molecular weight is 404 g/mol. The second-order valence-electron chi connectivity index (χ2n) is 3.83. The summed E-state index contributed by atoms with van der Waals surface area (Å²) in [7, 11) is 0. The van der Waals surface area contributed by atoms with Crippen LogP contribution in [0.25, 0.3) is 0 Å². The molecule has 2 aliphatic rings. The zero-order chi connectivity index (χ0) is 8.60. The molecule has 2 nitrogen and oxygen atoms in total. The third kappa shape index (κ3) is 2.38. The molecule has 0 spiro atoms. The van der Waals surface area contributed by atoms with Crippen LogP contribution in [0.15, 0.2) is 24.0 Å². The highest BCUT2D eigenvalue weighted by Gasteiger charge is 2.39. The highest BCUT2D eigenvalue weighted by Crippen LogP contribution is 2.17. The first-order valence-electron chi connectivity index (χ1n) is 4.27. The van der Waals surface area contributed by atoms with Gasteiger partial charge in [-0.05, 0) is 6.92 Å². The van der Waals surface area contributed by atoms with Crippen LogP contribution in [-0.2, 0) is 0 Å². The van der Waals surface area contributed by atoms with Gasteiger partial charge in [0.05, 0.1) is 11.0 Å². The number of nitrogens with two attached hydrogens (primary N) is 1. The second-order valence-corrected chi connectivity index (χ2v) is 4.59. The van der Waals surface area contributed by atoms with Gasteiger partial charge >= 0.3 is 0 Å². The molecule has 1 fully saturated rings. The molecule has 0 amide bonds. The maximum absolute atomic E-state index is 2.47. The highest BCUT2D eigenvalue weighted by molar-refractivity contribution is 14.1. The molecule has 0 saturated carbocycles. The lowest BCUT2D eigenvalue weighted by molar-refractivity contribution is -0.660. The minimum Gasteiger partial charge on any atom is -1.00 e. The van der Waals surface area contributed by atoms with E-state index in [0.29, 0.717) is 5.54 Å². The van der Waals surface area contributed by atoms with Crippen LogP contribution < -0.4 is 29.3 Å². The molecule has 2 heterocycles. The maximum Gasteiger partial charge on any atom is 0.201 e. The monoisotopic (exact) mass is 404 g/mol. The van der Waals surface area contributed by atoms with Gasteiger partial charge < -0.3 is 28.9 Å². The van der Waals surface area contributed by atoms with E-state index in [-0.39, 0.29) is 24.0 Å². The lowest BCUT2D eigenvalue weighted by atomic mass is 10.1. The quantitative estimate of drug-likeness (QED) is 0.378. The first-order valence-corrected chi connectivity index (χ1v) is 5.80. The van der Waals surface area contributed by atoms with Crippen molar-refractivity contribution in [3.05, 3.63) is 24.0 Å². The van der Waals surface area contributed by atoms with Crippen molar-refractivity contribution >= 4 is 22.6 Å². The van der Waals surface area contributed by atoms with Crippen molar-refractivity contribution in [3.8, 4) is 0 Å². The summed E-state index contributed by atoms with van der Waals surface area (Å²) in [5.41, 5.74) is 0.401. The minimum absolute atomic E-state index is 0. The zero-order valence-corrected chi connectivity index (χ0v) is 11.9. The number of halogens is 2. The van der Waals surface area contributed by atoms with Gasteiger partial charge in [0.2, 0.25) is 5.82 Å². The molecule has 4 heteroatoms. The third-order valence-electron chi connectivity index (χ3n) is 2.45. The highest BCUT2D eigenvalue weighted by atomic mass is 127. The van der Waals surface area contributed by atoms with Crippen molar-refractivity contribution in [2.24, 2.45) is 0 Å². The number of allylic oxidation sites excluding steroid dienone is 2. The van der Waals surface area contributed by atoms with E-state index in [1.54, 1.807) is 0 Å². The van der Waals surface area contributed by atoms with E-state index in [9.17, 15) is 0 Å². The van der Waals surface area contributed by atoms with Gasteiger partial charge in [-0.25, -0.2) is 0 Å². The molecule has 74 valence electrons. The molecule has 1 unspecified atom stereocenters. The molecular weight excluding hydrogens is 390 g/mol. The van der Waals surface area contributed by atoms with Gasteiger partial charge in [-0.15, -0.1) is 0 Å². The predicted molar refractivity (Wildman–Crippen MR) is 58.0 cm³/mol. The Kier molecular flexibility index (Phi) is 4.06. The van der Waals surface area contributed by atoms with Gasteiger partial charge in [-0.3, -0.25) is 5.32 Å². The lowest BCUT2D eigenvalue weighted by Gasteiger charge is -2.16. The Morgan fingerprint density at radius 1 is 1.69 bits per heavy atom. The van der Waals surface area contributed by atoms with Gasteiger partial charge in [0.25, 0.3) is 0 Å². The Bertz CT molecular complexity index is 250. The Balaban J connectivity index is 0.000000845. The van der Waals surface area contributed by atoms with Crippen LogP contribution in [0.4, 0.5) is 0 Å². The van der Waals surface area contributed by atoms with Crippen LogP contribution in [0.1, 0.15) is 6.92 Å². The Labute approximate surface area is 110 Å². The average Bonchev–Trinajstić information content (AvgIpc) is 2.42. The van der Waals surface area contributed by atoms with E-state index in [1.165, 1.54) is 16.8 Å². The zero-order valence-electron chi connectivity index (χ0n) is 7.63. The molecule has 0 radical (unpaired) electrons. The summed E-state index contributed by atoms with van der Waals surface area (Å²) in [6, 6.07) is 0. The van der Waals surface area contributed by atoms with E-state index >= 15 is 0 Å². The van der Waals surface area contributed by atoms with Crippen molar-refractivity contribution in [1.82, 2.24) is 4.90 Å². The number of rotatable bonds is 1. The summed E-state index contributed by atoms with van der Waals surface area (Å²) in [5.74, 6) is 1.41. The molecule has 1 atom stereocenters. The molecule has 0 aromatic rings. The number of alkyl halides is 1. The van der Waals surface area contributed by atoms with Crippen molar-refractivity contribution in [2.75, 3.05) is 17.5 Å². The van der Waals surface area contributed by atoms with Gasteiger partial charge in [0.15, 0.2) is 0 Å². The summed E-state index contributed by atoms with van der Waals surface area (Å²) >= 11 is 2.47. The summed E-state index contributed by atoms with van der Waals surface area (Å²) in [6.45, 7) is 4.61. The minimum atomic E-state index is 0. The number of quaternary nitrogens is 1. The molecular formula is C9H14I2N2. The summed E-state index contributed by atoms with van der Waals surface area (Å²) in [5, 5.41) is 2.41. The Morgan fingerprint density at radius 2 is 2.46 bits per heavy atom. The number of nitrogens with zero attached hydrogens (tertiary/aromatic N) is 1. The summed E-state index contributed by atoms with van der Waals surface area (Å²) < 4.78 is 1.21. The second kappa shape index (κ2) is 4.48. The molecule has 1 saturated heterocycles. The third-order valence-corrected chi connectivity index (χ3v) is 4.19. The summed E-state index contributed by atoms with van der Waals surface area (Å²) in [6.07, 6.45) is 6.58. The largest absolute Gasteiger partial charge is 1.00 e. The molecule has 0 bridgehead atoms. The molecule has 0 aliphatic carbocycles. The van der Waals surface area contributed by atoms with E-state index in [0.717, 1.165) is 6.54 Å². The van der Waals surface area contributed by atoms with Gasteiger partial charge in [0.1, 0.15) is 5.54 Å². The number of fused-ring (bicyclic) bond motifs is 1. The van der Waals surface area contributed by atoms with E-state index < -0.39 is 0 Å². The number of hydrogen-bond donors (Lipinski definition) is 1. The van der Waals surface area contributed by atoms with Crippen LogP contribution in [0.3, 0.4) is 0 Å². The Morgan fingerprint density at radius 3 is 3.08 bits per heavy atom. The first-order chi connectivity index (χ1) is 5.73. The first kappa shape index (κ1) is 11.8. The number of hydrogen-bond acceptors (Lipinski definition) is 1. The SMILES string of the molecule is CC1(CI)CN2CC=CC=C2[NH2+]1.[I-]. The lowest BCUT2D eigenvalue weighted by Crippen LogP contribution is -3.00. The topological polar surface area (TPSA) is 19.9 Å². The van der Waals surface area contributed by atoms with Crippen LogP contribution in [0, 0.1) is 0 Å². The van der Waals surface area contributed by atoms with Crippen molar-refractivity contribution in [2.45, 2.75) is 12.5 Å². The van der Waals surface area contributed by atoms with Crippen LogP contribution in [0.5, 0.6) is 0 Å². The molecule has 13 heavy (non-hydrogen) atoms. The smallest absolute Gasteiger partial charge is 0.201 e. The molecule has 2 aliphatic heterocycles. The van der Waals surface area contributed by atoms with Crippen molar-refractivity contribution in [1.29, 1.82) is 0 Å². The Hall–Kier alpha value is 0.700. The van der Waals surface area contributed by atoms with E-state index in [1.807, 2.05) is 0 Å². The standard InChI is InChI=1S/C9H13IN2.HI/c1-9(6-10)7-12-5-3-2-4-8(12)11-9;/h2-4,11H,5-7H2,1H3;1H. The fourth-order valence-electron chi connectivity index (χ4n) is 1.78. The van der Waals surface area contributed by atoms with Gasteiger partial charge in [-0.2, -0.15) is 0 Å². The van der Waals surface area contributed by atoms with Crippen molar-refractivity contribution in [3.63, 3.8) is 0 Å². The molecule has 2 rings (SSSR count). The van der Waals surface area contributed by atoms with E-state index in [2.05, 4.69) is 58.0 Å². The van der Waals surface area contributed by atoms with Crippen LogP contribution in [-0.4, -0.2) is 28.0 Å². The van der Waals surface area contributed by atoms with Gasteiger partial charge in [-0.1, -0.05) is 34.7 Å². The predicted octanol–water partition coefficient (Wildman–Crippen LogP) is -2.53.